The van der Waals surface area contributed by atoms with Crippen LogP contribution >= 0.6 is 0 Å². The van der Waals surface area contributed by atoms with Crippen molar-refractivity contribution >= 4 is 27.1 Å². The molecule has 0 bridgehead atoms. The average Bonchev–Trinajstić information content (AvgIpc) is 2.72. The number of methoxy groups -OCH3 is 2. The van der Waals surface area contributed by atoms with Crippen LogP contribution in [-0.2, 0) is 10.0 Å². The van der Waals surface area contributed by atoms with Gasteiger partial charge in [-0.05, 0) is 35.9 Å². The first kappa shape index (κ1) is 21.0. The number of aromatic nitrogens is 1. The number of anilines is 3. The molecule has 0 spiro atoms. The maximum atomic E-state index is 11.5. The van der Waals surface area contributed by atoms with E-state index in [1.165, 1.54) is 6.20 Å². The van der Waals surface area contributed by atoms with Crippen LogP contribution in [0.1, 0.15) is 5.56 Å². The Bertz CT molecular complexity index is 1220. The standard InChI is InChI=1S/C21H20N4O4S/c1-28-19-8-7-14(9-20(19)29-2)18-13-23-12-15(11-22)21(18)24-16-5-4-6-17(10-16)25-30(3,26)27/h4-10,12-13,25H,1-3H3,(H,23,24). The third-order valence-corrected chi connectivity index (χ3v) is 4.80. The number of nitrogens with zero attached hydrogens (tertiary/aromatic N) is 2. The number of pyridine rings is 1. The number of benzene rings is 2. The first-order valence-electron chi connectivity index (χ1n) is 8.80. The molecule has 1 heterocycles. The van der Waals surface area contributed by atoms with Gasteiger partial charge in [0.25, 0.3) is 0 Å². The minimum absolute atomic E-state index is 0.337. The summed E-state index contributed by atoms with van der Waals surface area (Å²) < 4.78 is 36.1. The molecule has 3 rings (SSSR count). The molecule has 0 unspecified atom stereocenters. The van der Waals surface area contributed by atoms with Crippen LogP contribution in [0, 0.1) is 11.3 Å². The van der Waals surface area contributed by atoms with Crippen molar-refractivity contribution in [1.82, 2.24) is 4.98 Å². The van der Waals surface area contributed by atoms with E-state index < -0.39 is 10.0 Å². The van der Waals surface area contributed by atoms with E-state index in [1.54, 1.807) is 56.8 Å². The van der Waals surface area contributed by atoms with E-state index in [9.17, 15) is 13.7 Å². The molecular formula is C21H20N4O4S. The maximum absolute atomic E-state index is 11.5. The highest BCUT2D eigenvalue weighted by atomic mass is 32.2. The minimum Gasteiger partial charge on any atom is -0.493 e. The van der Waals surface area contributed by atoms with Gasteiger partial charge in [-0.25, -0.2) is 8.42 Å². The predicted octanol–water partition coefficient (Wildman–Crippen LogP) is 3.75. The third-order valence-electron chi connectivity index (χ3n) is 4.20. The fourth-order valence-corrected chi connectivity index (χ4v) is 3.48. The molecule has 0 aliphatic heterocycles. The van der Waals surface area contributed by atoms with Crippen molar-refractivity contribution in [2.45, 2.75) is 0 Å². The van der Waals surface area contributed by atoms with E-state index in [4.69, 9.17) is 9.47 Å². The molecule has 0 fully saturated rings. The quantitative estimate of drug-likeness (QED) is 0.594. The van der Waals surface area contributed by atoms with Gasteiger partial charge in [0.1, 0.15) is 6.07 Å². The van der Waals surface area contributed by atoms with Crippen molar-refractivity contribution in [1.29, 1.82) is 5.26 Å². The van der Waals surface area contributed by atoms with Crippen LogP contribution in [-0.4, -0.2) is 33.9 Å². The SMILES string of the molecule is COc1ccc(-c2cncc(C#N)c2Nc2cccc(NS(C)(=O)=O)c2)cc1OC. The van der Waals surface area contributed by atoms with E-state index in [2.05, 4.69) is 21.1 Å². The van der Waals surface area contributed by atoms with Crippen molar-refractivity contribution in [2.24, 2.45) is 0 Å². The molecule has 9 heteroatoms. The van der Waals surface area contributed by atoms with Gasteiger partial charge in [-0.1, -0.05) is 12.1 Å². The number of ether oxygens (including phenoxy) is 2. The summed E-state index contributed by atoms with van der Waals surface area (Å²) in [6.07, 6.45) is 4.19. The average molecular weight is 424 g/mol. The van der Waals surface area contributed by atoms with E-state index in [1.807, 2.05) is 6.07 Å². The Hall–Kier alpha value is -3.77. The van der Waals surface area contributed by atoms with Gasteiger partial charge < -0.3 is 14.8 Å². The van der Waals surface area contributed by atoms with E-state index in [-0.39, 0.29) is 0 Å². The normalized spacial score (nSPS) is 10.7. The molecule has 0 aliphatic rings. The third kappa shape index (κ3) is 4.79. The van der Waals surface area contributed by atoms with Crippen LogP contribution < -0.4 is 19.5 Å². The predicted molar refractivity (Wildman–Crippen MR) is 116 cm³/mol. The molecule has 0 saturated heterocycles. The van der Waals surface area contributed by atoms with Gasteiger partial charge in [0.05, 0.1) is 37.4 Å². The molecule has 0 radical (unpaired) electrons. The Morgan fingerprint density at radius 1 is 1.00 bits per heavy atom. The molecule has 2 N–H and O–H groups in total. The van der Waals surface area contributed by atoms with Gasteiger partial charge in [-0.2, -0.15) is 5.26 Å². The first-order valence-corrected chi connectivity index (χ1v) is 10.7. The molecule has 0 saturated carbocycles. The number of hydrogen-bond donors (Lipinski definition) is 2. The van der Waals surface area contributed by atoms with Gasteiger partial charge in [-0.15, -0.1) is 0 Å². The first-order chi connectivity index (χ1) is 14.3. The van der Waals surface area contributed by atoms with Gasteiger partial charge >= 0.3 is 0 Å². The lowest BCUT2D eigenvalue weighted by Crippen LogP contribution is -2.09. The Kier molecular flexibility index (Phi) is 6.09. The lowest BCUT2D eigenvalue weighted by atomic mass is 10.0. The molecule has 2 aromatic carbocycles. The Morgan fingerprint density at radius 2 is 1.73 bits per heavy atom. The van der Waals surface area contributed by atoms with E-state index in [0.29, 0.717) is 39.7 Å². The van der Waals surface area contributed by atoms with Crippen molar-refractivity contribution in [3.8, 4) is 28.7 Å². The fourth-order valence-electron chi connectivity index (χ4n) is 2.92. The smallest absolute Gasteiger partial charge is 0.229 e. The molecule has 154 valence electrons. The molecule has 30 heavy (non-hydrogen) atoms. The zero-order valence-electron chi connectivity index (χ0n) is 16.6. The summed E-state index contributed by atoms with van der Waals surface area (Å²) in [7, 11) is -0.309. The summed E-state index contributed by atoms with van der Waals surface area (Å²) in [6.45, 7) is 0. The van der Waals surface area contributed by atoms with Crippen LogP contribution in [0.4, 0.5) is 17.1 Å². The summed E-state index contributed by atoms with van der Waals surface area (Å²) in [6, 6.07) is 14.3. The zero-order chi connectivity index (χ0) is 21.7. The molecule has 0 atom stereocenters. The summed E-state index contributed by atoms with van der Waals surface area (Å²) >= 11 is 0. The Labute approximate surface area is 175 Å². The van der Waals surface area contributed by atoms with Crippen molar-refractivity contribution in [3.05, 3.63) is 60.4 Å². The molecular weight excluding hydrogens is 404 g/mol. The molecule has 1 aromatic heterocycles. The van der Waals surface area contributed by atoms with Crippen LogP contribution in [0.5, 0.6) is 11.5 Å². The maximum Gasteiger partial charge on any atom is 0.229 e. The highest BCUT2D eigenvalue weighted by Crippen LogP contribution is 2.37. The van der Waals surface area contributed by atoms with Crippen molar-refractivity contribution in [3.63, 3.8) is 0 Å². The second kappa shape index (κ2) is 8.71. The second-order valence-electron chi connectivity index (χ2n) is 6.37. The van der Waals surface area contributed by atoms with Gasteiger partial charge in [0.15, 0.2) is 11.5 Å². The topological polar surface area (TPSA) is 113 Å². The summed E-state index contributed by atoms with van der Waals surface area (Å²) in [5.41, 5.74) is 3.33. The van der Waals surface area contributed by atoms with E-state index in [0.717, 1.165) is 11.8 Å². The number of rotatable bonds is 7. The highest BCUT2D eigenvalue weighted by Gasteiger charge is 2.14. The van der Waals surface area contributed by atoms with Crippen molar-refractivity contribution < 1.29 is 17.9 Å². The number of nitriles is 1. The molecule has 3 aromatic rings. The number of hydrogen-bond acceptors (Lipinski definition) is 7. The van der Waals surface area contributed by atoms with Gasteiger partial charge in [0, 0.05) is 23.6 Å². The Morgan fingerprint density at radius 3 is 2.40 bits per heavy atom. The van der Waals surface area contributed by atoms with Crippen LogP contribution in [0.2, 0.25) is 0 Å². The van der Waals surface area contributed by atoms with Gasteiger partial charge in [-0.3, -0.25) is 9.71 Å². The summed E-state index contributed by atoms with van der Waals surface area (Å²) in [5, 5.41) is 12.8. The Balaban J connectivity index is 2.06. The fraction of sp³-hybridized carbons (Fsp3) is 0.143. The van der Waals surface area contributed by atoms with E-state index >= 15 is 0 Å². The van der Waals surface area contributed by atoms with Crippen molar-refractivity contribution in [2.75, 3.05) is 30.5 Å². The zero-order valence-corrected chi connectivity index (χ0v) is 17.4. The highest BCUT2D eigenvalue weighted by molar-refractivity contribution is 7.92. The van der Waals surface area contributed by atoms with Crippen LogP contribution in [0.15, 0.2) is 54.9 Å². The molecule has 0 aliphatic carbocycles. The number of nitrogens with one attached hydrogen (secondary N) is 2. The molecule has 8 nitrogen and oxygen atoms in total. The summed E-state index contributed by atoms with van der Waals surface area (Å²) in [4.78, 5) is 4.17. The van der Waals surface area contributed by atoms with Gasteiger partial charge in [0.2, 0.25) is 10.0 Å². The largest absolute Gasteiger partial charge is 0.493 e. The monoisotopic (exact) mass is 424 g/mol. The van der Waals surface area contributed by atoms with Crippen LogP contribution in [0.25, 0.3) is 11.1 Å². The lowest BCUT2D eigenvalue weighted by Gasteiger charge is -2.16. The second-order valence-corrected chi connectivity index (χ2v) is 8.12. The number of sulfonamides is 1. The lowest BCUT2D eigenvalue weighted by molar-refractivity contribution is 0.355. The summed E-state index contributed by atoms with van der Waals surface area (Å²) in [5.74, 6) is 1.13. The minimum atomic E-state index is -3.41. The molecule has 0 amide bonds. The van der Waals surface area contributed by atoms with Crippen LogP contribution in [0.3, 0.4) is 0 Å².